The molecule has 0 saturated carbocycles. The van der Waals surface area contributed by atoms with Gasteiger partial charge in [-0.3, -0.25) is 0 Å². The minimum absolute atomic E-state index is 0.00481. The molecule has 0 amide bonds. The van der Waals surface area contributed by atoms with Crippen molar-refractivity contribution in [1.29, 1.82) is 0 Å². The second kappa shape index (κ2) is 8.23. The molecule has 0 aromatic rings. The molecule has 0 radical (unpaired) electrons. The van der Waals surface area contributed by atoms with Gasteiger partial charge in [-0.2, -0.15) is 0 Å². The van der Waals surface area contributed by atoms with E-state index in [-0.39, 0.29) is 32.5 Å². The Morgan fingerprint density at radius 2 is 0.848 bits per heavy atom. The van der Waals surface area contributed by atoms with Crippen LogP contribution in [0, 0.1) is 32.5 Å². The molecule has 2 rings (SSSR count). The summed E-state index contributed by atoms with van der Waals surface area (Å²) < 4.78 is 0. The van der Waals surface area contributed by atoms with Crippen molar-refractivity contribution in [2.24, 2.45) is 32.5 Å². The van der Waals surface area contributed by atoms with E-state index in [2.05, 4.69) is 121 Å². The fraction of sp³-hybridized carbons (Fsp3) is 0.742. The van der Waals surface area contributed by atoms with Gasteiger partial charge in [0.25, 0.3) is 0 Å². The van der Waals surface area contributed by atoms with Gasteiger partial charge in [0.2, 0.25) is 0 Å². The normalized spacial score (nSPS) is 32.1. The van der Waals surface area contributed by atoms with E-state index in [1.807, 2.05) is 0 Å². The summed E-state index contributed by atoms with van der Waals surface area (Å²) in [7, 11) is 0. The topological polar surface area (TPSA) is 40.5 Å². The second-order valence-electron chi connectivity index (χ2n) is 15.2. The van der Waals surface area contributed by atoms with Crippen molar-refractivity contribution in [2.75, 3.05) is 0 Å². The first-order valence-corrected chi connectivity index (χ1v) is 12.7. The van der Waals surface area contributed by atoms with Gasteiger partial charge in [-0.05, 0) is 50.4 Å². The Bertz CT molecular complexity index is 809. The zero-order valence-electron chi connectivity index (χ0n) is 24.1. The van der Waals surface area contributed by atoms with Crippen LogP contribution in [0.4, 0.5) is 0 Å². The highest BCUT2D eigenvalue weighted by molar-refractivity contribution is 5.45. The lowest BCUT2D eigenvalue weighted by atomic mass is 9.59. The third-order valence-electron chi connectivity index (χ3n) is 8.55. The van der Waals surface area contributed by atoms with Crippen LogP contribution in [-0.2, 0) is 0 Å². The van der Waals surface area contributed by atoms with Gasteiger partial charge in [-0.25, -0.2) is 0 Å². The molecule has 0 fully saturated rings. The zero-order chi connectivity index (χ0) is 26.0. The molecule has 2 aliphatic carbocycles. The SMILES string of the molecule is CC(C)(C)C1=CC(C)(C(C)(C)C)C=C(CC2=CC(C)(C(C)(C)C)C=C(C(C)(C)C)C2O)C1O. The van der Waals surface area contributed by atoms with Gasteiger partial charge in [-0.1, -0.05) is 121 Å². The largest absolute Gasteiger partial charge is 0.384 e. The highest BCUT2D eigenvalue weighted by Crippen LogP contribution is 2.52. The molecule has 0 aromatic heterocycles. The van der Waals surface area contributed by atoms with Crippen LogP contribution in [0.15, 0.2) is 46.6 Å². The summed E-state index contributed by atoms with van der Waals surface area (Å²) in [6.45, 7) is 31.2. The summed E-state index contributed by atoms with van der Waals surface area (Å²) in [5.74, 6) is 0. The van der Waals surface area contributed by atoms with Crippen molar-refractivity contribution < 1.29 is 10.2 Å². The fourth-order valence-corrected chi connectivity index (χ4v) is 4.87. The van der Waals surface area contributed by atoms with E-state index in [0.717, 1.165) is 22.3 Å². The third kappa shape index (κ3) is 5.43. The monoisotopic (exact) mass is 456 g/mol. The summed E-state index contributed by atoms with van der Waals surface area (Å²) in [6, 6.07) is 0. The Morgan fingerprint density at radius 1 is 0.576 bits per heavy atom. The Labute approximate surface area is 205 Å². The lowest BCUT2D eigenvalue weighted by molar-refractivity contribution is 0.164. The molecule has 4 unspecified atom stereocenters. The van der Waals surface area contributed by atoms with Crippen LogP contribution in [0.5, 0.6) is 0 Å². The molecule has 2 nitrogen and oxygen atoms in total. The van der Waals surface area contributed by atoms with Crippen LogP contribution < -0.4 is 0 Å². The molecule has 188 valence electrons. The minimum atomic E-state index is -0.626. The lowest BCUT2D eigenvalue weighted by Gasteiger charge is -2.47. The predicted octanol–water partition coefficient (Wildman–Crippen LogP) is 8.03. The molecule has 0 spiro atoms. The maximum atomic E-state index is 11.5. The Hall–Kier alpha value is -1.12. The van der Waals surface area contributed by atoms with E-state index in [1.54, 1.807) is 0 Å². The van der Waals surface area contributed by atoms with Crippen LogP contribution in [0.3, 0.4) is 0 Å². The number of aliphatic hydroxyl groups is 2. The van der Waals surface area contributed by atoms with Gasteiger partial charge in [0.15, 0.2) is 0 Å². The quantitative estimate of drug-likeness (QED) is 0.413. The molecular weight excluding hydrogens is 404 g/mol. The predicted molar refractivity (Wildman–Crippen MR) is 143 cm³/mol. The highest BCUT2D eigenvalue weighted by atomic mass is 16.3. The first kappa shape index (κ1) is 28.1. The van der Waals surface area contributed by atoms with Crippen LogP contribution >= 0.6 is 0 Å². The zero-order valence-corrected chi connectivity index (χ0v) is 24.1. The first-order chi connectivity index (χ1) is 14.4. The van der Waals surface area contributed by atoms with E-state index >= 15 is 0 Å². The molecule has 2 aliphatic rings. The highest BCUT2D eigenvalue weighted by Gasteiger charge is 2.44. The van der Waals surface area contributed by atoms with Gasteiger partial charge in [0.1, 0.15) is 0 Å². The first-order valence-electron chi connectivity index (χ1n) is 12.7. The summed E-state index contributed by atoms with van der Waals surface area (Å²) in [4.78, 5) is 0. The molecule has 0 aromatic carbocycles. The van der Waals surface area contributed by atoms with Gasteiger partial charge >= 0.3 is 0 Å². The molecule has 0 bridgehead atoms. The molecule has 2 N–H and O–H groups in total. The average Bonchev–Trinajstić information content (AvgIpc) is 2.57. The summed E-state index contributed by atoms with van der Waals surface area (Å²) in [5, 5.41) is 23.1. The van der Waals surface area contributed by atoms with Crippen LogP contribution in [-0.4, -0.2) is 22.4 Å². The van der Waals surface area contributed by atoms with Crippen LogP contribution in [0.2, 0.25) is 0 Å². The summed E-state index contributed by atoms with van der Waals surface area (Å²) >= 11 is 0. The standard InChI is InChI=1S/C31H52O2/c1-26(2,3)22-18-30(13,28(7,8)9)16-20(24(22)32)15-21-17-31(14,29(10,11)12)19-23(25(21)33)27(4,5)6/h16-19,24-25,32-33H,15H2,1-14H3. The molecule has 0 aliphatic heterocycles. The second-order valence-corrected chi connectivity index (χ2v) is 15.2. The van der Waals surface area contributed by atoms with Crippen molar-refractivity contribution in [3.63, 3.8) is 0 Å². The number of aliphatic hydroxyl groups excluding tert-OH is 2. The van der Waals surface area contributed by atoms with Gasteiger partial charge in [-0.15, -0.1) is 0 Å². The summed E-state index contributed by atoms with van der Waals surface area (Å²) in [5.41, 5.74) is 3.55. The minimum Gasteiger partial charge on any atom is -0.384 e. The van der Waals surface area contributed by atoms with E-state index < -0.39 is 12.2 Å². The summed E-state index contributed by atoms with van der Waals surface area (Å²) in [6.07, 6.45) is 8.49. The fourth-order valence-electron chi connectivity index (χ4n) is 4.87. The van der Waals surface area contributed by atoms with Gasteiger partial charge in [0, 0.05) is 10.8 Å². The third-order valence-corrected chi connectivity index (χ3v) is 8.55. The molecule has 0 saturated heterocycles. The number of hydrogen-bond donors (Lipinski definition) is 2. The Balaban J connectivity index is 2.65. The smallest absolute Gasteiger partial charge is 0.0969 e. The van der Waals surface area contributed by atoms with E-state index in [0.29, 0.717) is 6.42 Å². The molecule has 2 heteroatoms. The number of hydrogen-bond acceptors (Lipinski definition) is 2. The maximum absolute atomic E-state index is 11.5. The van der Waals surface area contributed by atoms with E-state index in [4.69, 9.17) is 0 Å². The van der Waals surface area contributed by atoms with Crippen LogP contribution in [0.25, 0.3) is 0 Å². The van der Waals surface area contributed by atoms with Crippen molar-refractivity contribution in [3.05, 3.63) is 46.6 Å². The molecular formula is C31H52O2. The lowest BCUT2D eigenvalue weighted by Crippen LogP contribution is -2.40. The van der Waals surface area contributed by atoms with E-state index in [9.17, 15) is 10.2 Å². The Kier molecular flexibility index (Phi) is 7.01. The van der Waals surface area contributed by atoms with Crippen molar-refractivity contribution in [3.8, 4) is 0 Å². The van der Waals surface area contributed by atoms with Crippen molar-refractivity contribution in [2.45, 2.75) is 116 Å². The van der Waals surface area contributed by atoms with Gasteiger partial charge < -0.3 is 10.2 Å². The van der Waals surface area contributed by atoms with Crippen LogP contribution in [0.1, 0.15) is 103 Å². The number of allylic oxidation sites excluding steroid dienone is 4. The molecule has 33 heavy (non-hydrogen) atoms. The maximum Gasteiger partial charge on any atom is 0.0969 e. The molecule has 4 atom stereocenters. The van der Waals surface area contributed by atoms with Gasteiger partial charge in [0.05, 0.1) is 12.2 Å². The average molecular weight is 457 g/mol. The molecule has 0 heterocycles. The van der Waals surface area contributed by atoms with Crippen molar-refractivity contribution >= 4 is 0 Å². The number of rotatable bonds is 2. The van der Waals surface area contributed by atoms with Crippen molar-refractivity contribution in [1.82, 2.24) is 0 Å². The Morgan fingerprint density at radius 3 is 1.06 bits per heavy atom. The van der Waals surface area contributed by atoms with E-state index in [1.165, 1.54) is 0 Å².